The van der Waals surface area contributed by atoms with E-state index < -0.39 is 18.7 Å². The number of carbonyl (C=O) groups is 1. The Morgan fingerprint density at radius 2 is 2.25 bits per heavy atom. The van der Waals surface area contributed by atoms with Crippen LogP contribution in [-0.4, -0.2) is 31.3 Å². The van der Waals surface area contributed by atoms with Crippen LogP contribution < -0.4 is 10.8 Å². The summed E-state index contributed by atoms with van der Waals surface area (Å²) in [6.07, 6.45) is -3.19. The third kappa shape index (κ3) is 4.80. The van der Waals surface area contributed by atoms with E-state index in [9.17, 15) is 18.0 Å². The summed E-state index contributed by atoms with van der Waals surface area (Å²) in [6, 6.07) is 0.201. The normalized spacial score (nSPS) is 26.5. The number of amides is 1. The number of hydroxylamine groups is 1. The van der Waals surface area contributed by atoms with Gasteiger partial charge in [0.25, 0.3) is 0 Å². The van der Waals surface area contributed by atoms with Gasteiger partial charge in [0.2, 0.25) is 5.91 Å². The van der Waals surface area contributed by atoms with Gasteiger partial charge in [0.05, 0.1) is 0 Å². The largest absolute Gasteiger partial charge is 0.414 e. The Balaban J connectivity index is 2.24. The zero-order valence-electron chi connectivity index (χ0n) is 8.93. The maximum Gasteiger partial charge on any atom is 0.414 e. The highest BCUT2D eigenvalue weighted by atomic mass is 19.4. The van der Waals surface area contributed by atoms with Crippen LogP contribution in [0.1, 0.15) is 19.8 Å². The second-order valence-electron chi connectivity index (χ2n) is 3.95. The molecule has 0 aromatic carbocycles. The lowest BCUT2D eigenvalue weighted by molar-refractivity contribution is -0.193. The Morgan fingerprint density at radius 1 is 1.56 bits per heavy atom. The van der Waals surface area contributed by atoms with Crippen LogP contribution in [0.15, 0.2) is 0 Å². The van der Waals surface area contributed by atoms with Crippen molar-refractivity contribution in [2.45, 2.75) is 32.0 Å². The number of halogens is 3. The lowest BCUT2D eigenvalue weighted by atomic mass is 9.93. The minimum absolute atomic E-state index is 0.201. The number of hydrogen-bond donors (Lipinski definition) is 2. The van der Waals surface area contributed by atoms with E-state index in [4.69, 9.17) is 0 Å². The average Bonchev–Trinajstić information content (AvgIpc) is 2.15. The smallest absolute Gasteiger partial charge is 0.314 e. The Bertz CT molecular complexity index is 245. The summed E-state index contributed by atoms with van der Waals surface area (Å²) in [7, 11) is 0. The van der Waals surface area contributed by atoms with E-state index >= 15 is 0 Å². The van der Waals surface area contributed by atoms with Crippen LogP contribution in [-0.2, 0) is 9.63 Å². The highest BCUT2D eigenvalue weighted by Crippen LogP contribution is 2.17. The Morgan fingerprint density at radius 3 is 2.81 bits per heavy atom. The van der Waals surface area contributed by atoms with Crippen molar-refractivity contribution in [1.29, 1.82) is 0 Å². The van der Waals surface area contributed by atoms with Gasteiger partial charge >= 0.3 is 6.18 Å². The monoisotopic (exact) mass is 240 g/mol. The summed E-state index contributed by atoms with van der Waals surface area (Å²) in [5.41, 5.74) is 1.84. The van der Waals surface area contributed by atoms with E-state index in [2.05, 4.69) is 10.2 Å². The molecule has 0 aliphatic carbocycles. The molecule has 2 unspecified atom stereocenters. The first-order valence-corrected chi connectivity index (χ1v) is 5.10. The van der Waals surface area contributed by atoms with Crippen molar-refractivity contribution >= 4 is 5.91 Å². The van der Waals surface area contributed by atoms with E-state index in [0.29, 0.717) is 19.4 Å². The quantitative estimate of drug-likeness (QED) is 0.723. The van der Waals surface area contributed by atoms with Crippen molar-refractivity contribution < 1.29 is 22.8 Å². The van der Waals surface area contributed by atoms with Crippen LogP contribution in [0.5, 0.6) is 0 Å². The standard InChI is InChI=1S/C9H15F3N2O2/c1-6-4-7(2-3-13-6)8(15)14-16-5-9(10,11)12/h6-7,13H,2-5H2,1H3,(H,14,15). The molecule has 0 spiro atoms. The molecule has 0 aromatic rings. The van der Waals surface area contributed by atoms with Gasteiger partial charge < -0.3 is 5.32 Å². The summed E-state index contributed by atoms with van der Waals surface area (Å²) in [5.74, 6) is -0.748. The van der Waals surface area contributed by atoms with Crippen molar-refractivity contribution in [3.05, 3.63) is 0 Å². The molecule has 2 N–H and O–H groups in total. The molecule has 1 aliphatic rings. The summed E-state index contributed by atoms with van der Waals surface area (Å²) in [6.45, 7) is 1.16. The van der Waals surface area contributed by atoms with Gasteiger partial charge in [0.1, 0.15) is 0 Å². The Hall–Kier alpha value is -0.820. The maximum atomic E-state index is 11.7. The number of alkyl halides is 3. The van der Waals surface area contributed by atoms with Gasteiger partial charge in [-0.2, -0.15) is 13.2 Å². The molecule has 0 bridgehead atoms. The number of hydrogen-bond acceptors (Lipinski definition) is 3. The Labute approximate surface area is 91.5 Å². The summed E-state index contributed by atoms with van der Waals surface area (Å²) in [5, 5.41) is 3.15. The van der Waals surface area contributed by atoms with Crippen LogP contribution in [0.2, 0.25) is 0 Å². The third-order valence-electron chi connectivity index (χ3n) is 2.40. The molecule has 1 rings (SSSR count). The molecule has 1 amide bonds. The third-order valence-corrected chi connectivity index (χ3v) is 2.40. The molecule has 0 radical (unpaired) electrons. The molecule has 7 heteroatoms. The first kappa shape index (κ1) is 13.2. The second kappa shape index (κ2) is 5.49. The van der Waals surface area contributed by atoms with Crippen molar-refractivity contribution in [3.8, 4) is 0 Å². The lowest BCUT2D eigenvalue weighted by Gasteiger charge is -2.26. The predicted molar refractivity (Wildman–Crippen MR) is 50.3 cm³/mol. The number of carbonyl (C=O) groups excluding carboxylic acids is 1. The summed E-state index contributed by atoms with van der Waals surface area (Å²) >= 11 is 0. The van der Waals surface area contributed by atoms with E-state index in [-0.39, 0.29) is 12.0 Å². The number of nitrogens with one attached hydrogen (secondary N) is 2. The molecule has 1 heterocycles. The second-order valence-corrected chi connectivity index (χ2v) is 3.95. The molecular weight excluding hydrogens is 225 g/mol. The minimum atomic E-state index is -4.42. The lowest BCUT2D eigenvalue weighted by Crippen LogP contribution is -2.43. The van der Waals surface area contributed by atoms with Crippen molar-refractivity contribution in [1.82, 2.24) is 10.8 Å². The molecule has 94 valence electrons. The summed E-state index contributed by atoms with van der Waals surface area (Å²) in [4.78, 5) is 15.5. The molecular formula is C9H15F3N2O2. The molecule has 1 aliphatic heterocycles. The average molecular weight is 240 g/mol. The van der Waals surface area contributed by atoms with Crippen LogP contribution in [0.3, 0.4) is 0 Å². The molecule has 0 saturated carbocycles. The fraction of sp³-hybridized carbons (Fsp3) is 0.889. The fourth-order valence-corrected chi connectivity index (χ4v) is 1.64. The molecule has 1 fully saturated rings. The minimum Gasteiger partial charge on any atom is -0.314 e. The Kier molecular flexibility index (Phi) is 4.55. The van der Waals surface area contributed by atoms with Gasteiger partial charge in [-0.3, -0.25) is 9.63 Å². The van der Waals surface area contributed by atoms with Gasteiger partial charge in [0.15, 0.2) is 6.61 Å². The fourth-order valence-electron chi connectivity index (χ4n) is 1.64. The number of piperidine rings is 1. The molecule has 4 nitrogen and oxygen atoms in total. The van der Waals surface area contributed by atoms with Crippen LogP contribution in [0, 0.1) is 5.92 Å². The zero-order chi connectivity index (χ0) is 12.2. The first-order chi connectivity index (χ1) is 7.38. The molecule has 1 saturated heterocycles. The van der Waals surface area contributed by atoms with Crippen molar-refractivity contribution in [2.24, 2.45) is 5.92 Å². The molecule has 2 atom stereocenters. The topological polar surface area (TPSA) is 50.4 Å². The molecule has 16 heavy (non-hydrogen) atoms. The highest BCUT2D eigenvalue weighted by Gasteiger charge is 2.29. The van der Waals surface area contributed by atoms with Gasteiger partial charge in [-0.25, -0.2) is 5.48 Å². The van der Waals surface area contributed by atoms with E-state index in [1.54, 1.807) is 0 Å². The van der Waals surface area contributed by atoms with E-state index in [1.807, 2.05) is 12.4 Å². The zero-order valence-corrected chi connectivity index (χ0v) is 8.93. The maximum absolute atomic E-state index is 11.7. The summed E-state index contributed by atoms with van der Waals surface area (Å²) < 4.78 is 35.2. The van der Waals surface area contributed by atoms with Gasteiger partial charge in [-0.1, -0.05) is 0 Å². The first-order valence-electron chi connectivity index (χ1n) is 5.10. The highest BCUT2D eigenvalue weighted by molar-refractivity contribution is 5.77. The van der Waals surface area contributed by atoms with E-state index in [0.717, 1.165) is 0 Å². The van der Waals surface area contributed by atoms with Crippen molar-refractivity contribution in [3.63, 3.8) is 0 Å². The van der Waals surface area contributed by atoms with E-state index in [1.165, 1.54) is 0 Å². The van der Waals surface area contributed by atoms with Gasteiger partial charge in [0, 0.05) is 12.0 Å². The molecule has 0 aromatic heterocycles. The SMILES string of the molecule is CC1CC(C(=O)NOCC(F)(F)F)CCN1. The van der Waals surface area contributed by atoms with Crippen LogP contribution in [0.4, 0.5) is 13.2 Å². The van der Waals surface area contributed by atoms with Crippen molar-refractivity contribution in [2.75, 3.05) is 13.2 Å². The van der Waals surface area contributed by atoms with Crippen LogP contribution >= 0.6 is 0 Å². The predicted octanol–water partition coefficient (Wildman–Crippen LogP) is 0.985. The van der Waals surface area contributed by atoms with Gasteiger partial charge in [-0.15, -0.1) is 0 Å². The number of rotatable bonds is 3. The van der Waals surface area contributed by atoms with Crippen LogP contribution in [0.25, 0.3) is 0 Å². The van der Waals surface area contributed by atoms with Gasteiger partial charge in [-0.05, 0) is 26.3 Å².